The molecule has 0 heterocycles. The van der Waals surface area contributed by atoms with Gasteiger partial charge in [-0.25, -0.2) is 0 Å². The molecule has 0 aliphatic heterocycles. The molecule has 108 valence electrons. The predicted molar refractivity (Wildman–Crippen MR) is 75.5 cm³/mol. The van der Waals surface area contributed by atoms with Crippen LogP contribution < -0.4 is 5.32 Å². The fraction of sp³-hybridized carbons (Fsp3) is 0.571. The lowest BCUT2D eigenvalue weighted by Gasteiger charge is -2.20. The standard InChI is InChI=1S/C14H20F3NS/c1-10(8-9-19-3)18-11(2)12-4-6-13(7-5-12)14(15,16)17/h4-7,10-11,18H,8-9H2,1-3H3. The fourth-order valence-corrected chi connectivity index (χ4v) is 2.45. The predicted octanol–water partition coefficient (Wildman–Crippen LogP) is 4.50. The van der Waals surface area contributed by atoms with E-state index in [-0.39, 0.29) is 6.04 Å². The summed E-state index contributed by atoms with van der Waals surface area (Å²) in [6.45, 7) is 4.06. The molecule has 0 aliphatic carbocycles. The maximum Gasteiger partial charge on any atom is 0.416 e. The number of halogens is 3. The summed E-state index contributed by atoms with van der Waals surface area (Å²) in [6, 6.07) is 5.77. The lowest BCUT2D eigenvalue weighted by Crippen LogP contribution is -2.29. The SMILES string of the molecule is CSCCC(C)NC(C)c1ccc(C(F)(F)F)cc1. The first-order valence-corrected chi connectivity index (χ1v) is 7.66. The number of thioether (sulfide) groups is 1. The maximum atomic E-state index is 12.5. The van der Waals surface area contributed by atoms with Crippen LogP contribution in [0.2, 0.25) is 0 Å². The molecular formula is C14H20F3NS. The van der Waals surface area contributed by atoms with Gasteiger partial charge in [-0.3, -0.25) is 0 Å². The Bertz CT molecular complexity index is 375. The molecule has 2 unspecified atom stereocenters. The minimum Gasteiger partial charge on any atom is -0.308 e. The quantitative estimate of drug-likeness (QED) is 0.828. The molecule has 0 aromatic heterocycles. The lowest BCUT2D eigenvalue weighted by molar-refractivity contribution is -0.137. The van der Waals surface area contributed by atoms with Crippen molar-refractivity contribution in [2.75, 3.05) is 12.0 Å². The third kappa shape index (κ3) is 5.45. The van der Waals surface area contributed by atoms with Crippen molar-refractivity contribution in [3.63, 3.8) is 0 Å². The highest BCUT2D eigenvalue weighted by molar-refractivity contribution is 7.98. The number of alkyl halides is 3. The molecule has 0 amide bonds. The summed E-state index contributed by atoms with van der Waals surface area (Å²) in [5.74, 6) is 1.08. The molecule has 1 aromatic carbocycles. The highest BCUT2D eigenvalue weighted by atomic mass is 32.2. The molecule has 0 bridgehead atoms. The highest BCUT2D eigenvalue weighted by Gasteiger charge is 2.30. The van der Waals surface area contributed by atoms with E-state index in [0.717, 1.165) is 29.9 Å². The van der Waals surface area contributed by atoms with Crippen LogP contribution in [0.15, 0.2) is 24.3 Å². The molecule has 0 radical (unpaired) electrons. The van der Waals surface area contributed by atoms with Crippen molar-refractivity contribution in [2.45, 2.75) is 38.5 Å². The van der Waals surface area contributed by atoms with E-state index in [1.54, 1.807) is 23.9 Å². The molecule has 1 aromatic rings. The van der Waals surface area contributed by atoms with Gasteiger partial charge in [0.2, 0.25) is 0 Å². The van der Waals surface area contributed by atoms with Crippen molar-refractivity contribution >= 4 is 11.8 Å². The first-order valence-electron chi connectivity index (χ1n) is 6.26. The Labute approximate surface area is 117 Å². The third-order valence-corrected chi connectivity index (χ3v) is 3.67. The molecule has 5 heteroatoms. The normalized spacial score (nSPS) is 15.3. The van der Waals surface area contributed by atoms with Gasteiger partial charge in [-0.05, 0) is 50.0 Å². The molecular weight excluding hydrogens is 271 g/mol. The van der Waals surface area contributed by atoms with Gasteiger partial charge in [0.1, 0.15) is 0 Å². The molecule has 1 N–H and O–H groups in total. The highest BCUT2D eigenvalue weighted by Crippen LogP contribution is 2.29. The smallest absolute Gasteiger partial charge is 0.308 e. The van der Waals surface area contributed by atoms with Crippen LogP contribution >= 0.6 is 11.8 Å². The zero-order valence-electron chi connectivity index (χ0n) is 11.4. The van der Waals surface area contributed by atoms with E-state index in [2.05, 4.69) is 18.5 Å². The number of rotatable bonds is 6. The molecule has 2 atom stereocenters. The van der Waals surface area contributed by atoms with Gasteiger partial charge in [0.25, 0.3) is 0 Å². The minimum absolute atomic E-state index is 0.0548. The summed E-state index contributed by atoms with van der Waals surface area (Å²) >= 11 is 1.79. The zero-order chi connectivity index (χ0) is 14.5. The third-order valence-electron chi connectivity index (χ3n) is 3.03. The Balaban J connectivity index is 2.60. The van der Waals surface area contributed by atoms with E-state index in [9.17, 15) is 13.2 Å². The Kier molecular flexibility index (Phi) is 6.20. The first-order chi connectivity index (χ1) is 8.84. The van der Waals surface area contributed by atoms with Crippen LogP contribution in [-0.2, 0) is 6.18 Å². The van der Waals surface area contributed by atoms with Gasteiger partial charge < -0.3 is 5.32 Å². The van der Waals surface area contributed by atoms with Gasteiger partial charge >= 0.3 is 6.18 Å². The van der Waals surface area contributed by atoms with Gasteiger partial charge in [-0.15, -0.1) is 0 Å². The number of hydrogen-bond acceptors (Lipinski definition) is 2. The fourth-order valence-electron chi connectivity index (χ4n) is 1.86. The van der Waals surface area contributed by atoms with E-state index >= 15 is 0 Å². The van der Waals surface area contributed by atoms with Crippen molar-refractivity contribution in [1.82, 2.24) is 5.32 Å². The first kappa shape index (κ1) is 16.4. The van der Waals surface area contributed by atoms with Crippen molar-refractivity contribution in [3.05, 3.63) is 35.4 Å². The van der Waals surface area contributed by atoms with Crippen LogP contribution in [0.1, 0.15) is 37.4 Å². The van der Waals surface area contributed by atoms with Crippen LogP contribution in [0.4, 0.5) is 13.2 Å². The second-order valence-corrected chi connectivity index (χ2v) is 5.68. The molecule has 19 heavy (non-hydrogen) atoms. The van der Waals surface area contributed by atoms with Crippen molar-refractivity contribution in [3.8, 4) is 0 Å². The van der Waals surface area contributed by atoms with Gasteiger partial charge in [0.05, 0.1) is 5.56 Å². The second-order valence-electron chi connectivity index (χ2n) is 4.69. The van der Waals surface area contributed by atoms with Crippen LogP contribution in [0.3, 0.4) is 0 Å². The monoisotopic (exact) mass is 291 g/mol. The summed E-state index contributed by atoms with van der Waals surface area (Å²) in [4.78, 5) is 0. The van der Waals surface area contributed by atoms with E-state index in [4.69, 9.17) is 0 Å². The number of benzene rings is 1. The van der Waals surface area contributed by atoms with E-state index in [1.807, 2.05) is 6.92 Å². The Hall–Kier alpha value is -0.680. The summed E-state index contributed by atoms with van der Waals surface area (Å²) in [7, 11) is 0. The Morgan fingerprint density at radius 3 is 2.21 bits per heavy atom. The summed E-state index contributed by atoms with van der Waals surface area (Å²) in [5.41, 5.74) is 0.280. The average Bonchev–Trinajstić information content (AvgIpc) is 2.35. The van der Waals surface area contributed by atoms with Gasteiger partial charge in [0.15, 0.2) is 0 Å². The number of hydrogen-bond donors (Lipinski definition) is 1. The Morgan fingerprint density at radius 2 is 1.74 bits per heavy atom. The summed E-state index contributed by atoms with van der Waals surface area (Å²) in [5, 5.41) is 3.39. The molecule has 0 saturated carbocycles. The summed E-state index contributed by atoms with van der Waals surface area (Å²) < 4.78 is 37.4. The maximum absolute atomic E-state index is 12.5. The molecule has 0 fully saturated rings. The molecule has 1 rings (SSSR count). The molecule has 0 aliphatic rings. The zero-order valence-corrected chi connectivity index (χ0v) is 12.2. The van der Waals surface area contributed by atoms with Crippen LogP contribution in [0.5, 0.6) is 0 Å². The van der Waals surface area contributed by atoms with E-state index in [1.165, 1.54) is 0 Å². The molecule has 0 saturated heterocycles. The Morgan fingerprint density at radius 1 is 1.16 bits per heavy atom. The number of nitrogens with one attached hydrogen (secondary N) is 1. The molecule has 0 spiro atoms. The van der Waals surface area contributed by atoms with Crippen LogP contribution in [0.25, 0.3) is 0 Å². The minimum atomic E-state index is -4.26. The van der Waals surface area contributed by atoms with Crippen molar-refractivity contribution < 1.29 is 13.2 Å². The van der Waals surface area contributed by atoms with Crippen molar-refractivity contribution in [2.24, 2.45) is 0 Å². The van der Waals surface area contributed by atoms with E-state index < -0.39 is 11.7 Å². The largest absolute Gasteiger partial charge is 0.416 e. The second kappa shape index (κ2) is 7.20. The summed E-state index contributed by atoms with van der Waals surface area (Å²) in [6.07, 6.45) is -1.15. The van der Waals surface area contributed by atoms with Crippen molar-refractivity contribution in [1.29, 1.82) is 0 Å². The lowest BCUT2D eigenvalue weighted by atomic mass is 10.0. The van der Waals surface area contributed by atoms with Gasteiger partial charge in [-0.1, -0.05) is 12.1 Å². The van der Waals surface area contributed by atoms with Crippen LogP contribution in [-0.4, -0.2) is 18.1 Å². The van der Waals surface area contributed by atoms with Gasteiger partial charge in [0, 0.05) is 12.1 Å². The topological polar surface area (TPSA) is 12.0 Å². The average molecular weight is 291 g/mol. The van der Waals surface area contributed by atoms with Gasteiger partial charge in [-0.2, -0.15) is 24.9 Å². The van der Waals surface area contributed by atoms with E-state index in [0.29, 0.717) is 6.04 Å². The molecule has 1 nitrogen and oxygen atoms in total. The van der Waals surface area contributed by atoms with Crippen LogP contribution in [0, 0.1) is 0 Å².